The maximum Gasteiger partial charge on any atom is 0.127 e. The third-order valence-corrected chi connectivity index (χ3v) is 4.80. The van der Waals surface area contributed by atoms with Crippen LogP contribution in [-0.2, 0) is 0 Å². The largest absolute Gasteiger partial charge is 0.496 e. The van der Waals surface area contributed by atoms with Crippen LogP contribution in [0.2, 0.25) is 0 Å². The predicted molar refractivity (Wildman–Crippen MR) is 116 cm³/mol. The van der Waals surface area contributed by atoms with E-state index in [2.05, 4.69) is 82.0 Å². The molecular weight excluding hydrogens is 323 g/mol. The maximum absolute atomic E-state index is 5.70. The Balaban J connectivity index is 0.00000113. The SMILES string of the molecule is C.C.COc1ccc2ccccc2c1-c1c(P)ccc2ccccc12. The number of hydrogen-bond acceptors (Lipinski definition) is 1. The minimum absolute atomic E-state index is 0. The summed E-state index contributed by atoms with van der Waals surface area (Å²) >= 11 is 0. The quantitative estimate of drug-likeness (QED) is 0.379. The standard InChI is InChI=1S/C21H17OP.2CH4/c1-22-18-12-10-14-6-2-4-8-16(14)20(18)21-17-9-5-3-7-15(17)11-13-19(21)23;;/h2-13H,23H2,1H3;2*1H4. The molecule has 0 aliphatic carbocycles. The molecule has 4 aromatic rings. The van der Waals surface area contributed by atoms with Gasteiger partial charge in [0.2, 0.25) is 0 Å². The number of hydrogen-bond donors (Lipinski definition) is 0. The lowest BCUT2D eigenvalue weighted by Crippen LogP contribution is -2.00. The molecule has 0 saturated heterocycles. The van der Waals surface area contributed by atoms with Gasteiger partial charge in [-0.05, 0) is 32.9 Å². The smallest absolute Gasteiger partial charge is 0.127 e. The van der Waals surface area contributed by atoms with Gasteiger partial charge in [0, 0.05) is 11.1 Å². The highest BCUT2D eigenvalue weighted by Crippen LogP contribution is 2.40. The van der Waals surface area contributed by atoms with Crippen LogP contribution in [0.3, 0.4) is 0 Å². The van der Waals surface area contributed by atoms with E-state index >= 15 is 0 Å². The van der Waals surface area contributed by atoms with Crippen LogP contribution in [0.4, 0.5) is 0 Å². The molecule has 0 fully saturated rings. The van der Waals surface area contributed by atoms with Crippen molar-refractivity contribution in [2.75, 3.05) is 7.11 Å². The fourth-order valence-electron chi connectivity index (χ4n) is 3.25. The molecule has 4 rings (SSSR count). The van der Waals surface area contributed by atoms with E-state index in [1.807, 2.05) is 0 Å². The van der Waals surface area contributed by atoms with Gasteiger partial charge in [0.05, 0.1) is 7.11 Å². The van der Waals surface area contributed by atoms with Crippen molar-refractivity contribution in [1.29, 1.82) is 0 Å². The van der Waals surface area contributed by atoms with Crippen molar-refractivity contribution in [2.45, 2.75) is 14.9 Å². The van der Waals surface area contributed by atoms with Crippen LogP contribution in [0, 0.1) is 0 Å². The monoisotopic (exact) mass is 348 g/mol. The molecule has 2 heteroatoms. The van der Waals surface area contributed by atoms with E-state index in [0.717, 1.165) is 11.3 Å². The van der Waals surface area contributed by atoms with Gasteiger partial charge in [0.15, 0.2) is 0 Å². The molecule has 0 aromatic heterocycles. The summed E-state index contributed by atoms with van der Waals surface area (Å²) in [4.78, 5) is 0. The van der Waals surface area contributed by atoms with Crippen LogP contribution in [0.1, 0.15) is 14.9 Å². The molecule has 0 N–H and O–H groups in total. The lowest BCUT2D eigenvalue weighted by atomic mass is 9.93. The third kappa shape index (κ3) is 3.13. The highest BCUT2D eigenvalue weighted by atomic mass is 31.0. The number of benzene rings is 4. The minimum Gasteiger partial charge on any atom is -0.496 e. The molecular formula is C23H25OP. The Morgan fingerprint density at radius 2 is 1.16 bits per heavy atom. The second kappa shape index (κ2) is 7.68. The Labute approximate surface area is 152 Å². The number of methoxy groups -OCH3 is 1. The molecule has 0 aliphatic rings. The molecule has 0 spiro atoms. The topological polar surface area (TPSA) is 9.23 Å². The molecule has 25 heavy (non-hydrogen) atoms. The van der Waals surface area contributed by atoms with E-state index in [4.69, 9.17) is 4.74 Å². The first-order valence-electron chi connectivity index (χ1n) is 7.63. The van der Waals surface area contributed by atoms with E-state index in [1.54, 1.807) is 7.11 Å². The Bertz CT molecular complexity index is 1020. The zero-order valence-electron chi connectivity index (χ0n) is 12.9. The predicted octanol–water partition coefficient (Wildman–Crippen LogP) is 6.44. The van der Waals surface area contributed by atoms with Gasteiger partial charge in [-0.1, -0.05) is 81.6 Å². The van der Waals surface area contributed by atoms with Crippen LogP contribution in [-0.4, -0.2) is 7.11 Å². The van der Waals surface area contributed by atoms with Gasteiger partial charge in [0.25, 0.3) is 0 Å². The van der Waals surface area contributed by atoms with Crippen molar-refractivity contribution in [3.8, 4) is 16.9 Å². The molecule has 1 atom stereocenters. The second-order valence-electron chi connectivity index (χ2n) is 5.61. The van der Waals surface area contributed by atoms with Crippen molar-refractivity contribution in [3.63, 3.8) is 0 Å². The summed E-state index contributed by atoms with van der Waals surface area (Å²) in [5.74, 6) is 0.906. The summed E-state index contributed by atoms with van der Waals surface area (Å²) in [5.41, 5.74) is 2.38. The maximum atomic E-state index is 5.70. The van der Waals surface area contributed by atoms with Gasteiger partial charge < -0.3 is 4.74 Å². The molecule has 4 aromatic carbocycles. The van der Waals surface area contributed by atoms with E-state index < -0.39 is 0 Å². The van der Waals surface area contributed by atoms with Gasteiger partial charge in [-0.25, -0.2) is 0 Å². The van der Waals surface area contributed by atoms with E-state index in [9.17, 15) is 0 Å². The fourth-order valence-corrected chi connectivity index (χ4v) is 3.64. The average Bonchev–Trinajstić information content (AvgIpc) is 2.61. The van der Waals surface area contributed by atoms with Crippen molar-refractivity contribution in [2.24, 2.45) is 0 Å². The summed E-state index contributed by atoms with van der Waals surface area (Å²) in [6, 6.07) is 25.5. The summed E-state index contributed by atoms with van der Waals surface area (Å²) in [6.07, 6.45) is 0. The fraction of sp³-hybridized carbons (Fsp3) is 0.130. The normalized spacial score (nSPS) is 10.2. The first kappa shape index (κ1) is 19.0. The molecule has 1 nitrogen and oxygen atoms in total. The molecule has 0 radical (unpaired) electrons. The second-order valence-corrected chi connectivity index (χ2v) is 6.24. The zero-order valence-corrected chi connectivity index (χ0v) is 14.1. The van der Waals surface area contributed by atoms with E-state index in [1.165, 1.54) is 32.4 Å². The molecule has 0 saturated carbocycles. The van der Waals surface area contributed by atoms with Crippen molar-refractivity contribution in [3.05, 3.63) is 72.8 Å². The Kier molecular flexibility index (Phi) is 5.82. The highest BCUT2D eigenvalue weighted by molar-refractivity contribution is 7.28. The Morgan fingerprint density at radius 1 is 0.640 bits per heavy atom. The lowest BCUT2D eigenvalue weighted by Gasteiger charge is -2.16. The first-order valence-corrected chi connectivity index (χ1v) is 8.20. The van der Waals surface area contributed by atoms with Crippen LogP contribution >= 0.6 is 9.24 Å². The first-order chi connectivity index (χ1) is 11.3. The summed E-state index contributed by atoms with van der Waals surface area (Å²) in [5, 5.41) is 6.10. The summed E-state index contributed by atoms with van der Waals surface area (Å²) < 4.78 is 5.70. The van der Waals surface area contributed by atoms with Gasteiger partial charge in [-0.3, -0.25) is 0 Å². The molecule has 0 aliphatic heterocycles. The number of fused-ring (bicyclic) bond motifs is 2. The number of rotatable bonds is 2. The van der Waals surface area contributed by atoms with Crippen molar-refractivity contribution in [1.82, 2.24) is 0 Å². The van der Waals surface area contributed by atoms with Gasteiger partial charge >= 0.3 is 0 Å². The average molecular weight is 348 g/mol. The van der Waals surface area contributed by atoms with Gasteiger partial charge in [-0.2, -0.15) is 0 Å². The minimum atomic E-state index is 0. The van der Waals surface area contributed by atoms with Gasteiger partial charge in [-0.15, -0.1) is 9.24 Å². The lowest BCUT2D eigenvalue weighted by molar-refractivity contribution is 0.417. The summed E-state index contributed by atoms with van der Waals surface area (Å²) in [6.45, 7) is 0. The van der Waals surface area contributed by atoms with E-state index in [0.29, 0.717) is 0 Å². The third-order valence-electron chi connectivity index (χ3n) is 4.32. The molecule has 1 unspecified atom stereocenters. The Hall–Kier alpha value is -2.37. The van der Waals surface area contributed by atoms with Crippen molar-refractivity contribution < 1.29 is 4.74 Å². The number of ether oxygens (including phenoxy) is 1. The molecule has 0 amide bonds. The Morgan fingerprint density at radius 3 is 1.76 bits per heavy atom. The molecule has 128 valence electrons. The molecule has 0 bridgehead atoms. The van der Waals surface area contributed by atoms with E-state index in [-0.39, 0.29) is 14.9 Å². The zero-order chi connectivity index (χ0) is 15.8. The van der Waals surface area contributed by atoms with Crippen LogP contribution in [0.5, 0.6) is 5.75 Å². The van der Waals surface area contributed by atoms with Gasteiger partial charge in [0.1, 0.15) is 5.75 Å². The van der Waals surface area contributed by atoms with Crippen LogP contribution in [0.25, 0.3) is 32.7 Å². The van der Waals surface area contributed by atoms with Crippen LogP contribution in [0.15, 0.2) is 72.8 Å². The summed E-state index contributed by atoms with van der Waals surface area (Å²) in [7, 11) is 4.61. The molecule has 0 heterocycles. The highest BCUT2D eigenvalue weighted by Gasteiger charge is 2.15. The van der Waals surface area contributed by atoms with Crippen molar-refractivity contribution >= 4 is 36.1 Å². The van der Waals surface area contributed by atoms with Crippen LogP contribution < -0.4 is 10.0 Å².